The van der Waals surface area contributed by atoms with E-state index >= 15 is 0 Å². The molecule has 0 atom stereocenters. The maximum absolute atomic E-state index is 12.0. The standard InChI is InChI=1S/C18H19NO/c20-18-11-5-4-10-16-13-19(14-17(16)18)12-6-9-15-7-2-1-3-8-15/h1-3,6-9,13-14H,4-5,10-12H2/b9-6+. The van der Waals surface area contributed by atoms with Crippen LogP contribution in [0.25, 0.3) is 6.08 Å². The van der Waals surface area contributed by atoms with E-state index in [4.69, 9.17) is 0 Å². The van der Waals surface area contributed by atoms with Gasteiger partial charge < -0.3 is 4.57 Å². The summed E-state index contributed by atoms with van der Waals surface area (Å²) in [5, 5.41) is 0. The summed E-state index contributed by atoms with van der Waals surface area (Å²) in [7, 11) is 0. The maximum atomic E-state index is 12.0. The summed E-state index contributed by atoms with van der Waals surface area (Å²) >= 11 is 0. The molecule has 0 aliphatic heterocycles. The molecule has 1 aliphatic rings. The number of hydrogen-bond acceptors (Lipinski definition) is 1. The molecule has 0 radical (unpaired) electrons. The highest BCUT2D eigenvalue weighted by Crippen LogP contribution is 2.21. The molecule has 102 valence electrons. The average Bonchev–Trinajstić information content (AvgIpc) is 2.80. The SMILES string of the molecule is O=C1CCCCc2cn(C/C=C/c3ccccc3)cc21. The lowest BCUT2D eigenvalue weighted by Gasteiger charge is -1.98. The second kappa shape index (κ2) is 5.91. The summed E-state index contributed by atoms with van der Waals surface area (Å²) < 4.78 is 2.12. The topological polar surface area (TPSA) is 22.0 Å². The number of Topliss-reactive ketones (excluding diaryl/α,β-unsaturated/α-hetero) is 1. The van der Waals surface area contributed by atoms with Gasteiger partial charge in [0.1, 0.15) is 0 Å². The number of ketones is 1. The highest BCUT2D eigenvalue weighted by Gasteiger charge is 2.17. The summed E-state index contributed by atoms with van der Waals surface area (Å²) in [6.45, 7) is 0.815. The smallest absolute Gasteiger partial charge is 0.164 e. The second-order valence-corrected chi connectivity index (χ2v) is 5.34. The molecule has 0 bridgehead atoms. The van der Waals surface area contributed by atoms with Gasteiger partial charge in [-0.25, -0.2) is 0 Å². The van der Waals surface area contributed by atoms with Crippen molar-refractivity contribution in [2.24, 2.45) is 0 Å². The van der Waals surface area contributed by atoms with Gasteiger partial charge in [0.15, 0.2) is 5.78 Å². The Morgan fingerprint density at radius 3 is 2.70 bits per heavy atom. The van der Waals surface area contributed by atoms with Crippen molar-refractivity contribution in [3.8, 4) is 0 Å². The summed E-state index contributed by atoms with van der Waals surface area (Å²) in [6.07, 6.45) is 12.3. The minimum absolute atomic E-state index is 0.309. The van der Waals surface area contributed by atoms with E-state index in [-0.39, 0.29) is 0 Å². The van der Waals surface area contributed by atoms with Crippen LogP contribution in [0, 0.1) is 0 Å². The zero-order valence-electron chi connectivity index (χ0n) is 11.6. The van der Waals surface area contributed by atoms with E-state index in [2.05, 4.69) is 35.0 Å². The van der Waals surface area contributed by atoms with Crippen LogP contribution < -0.4 is 0 Å². The van der Waals surface area contributed by atoms with Gasteiger partial charge in [-0.3, -0.25) is 4.79 Å². The highest BCUT2D eigenvalue weighted by molar-refractivity contribution is 5.97. The molecule has 0 N–H and O–H groups in total. The van der Waals surface area contributed by atoms with Gasteiger partial charge in [-0.05, 0) is 30.4 Å². The van der Waals surface area contributed by atoms with Crippen molar-refractivity contribution in [3.63, 3.8) is 0 Å². The van der Waals surface area contributed by atoms with Crippen LogP contribution in [0.4, 0.5) is 0 Å². The quantitative estimate of drug-likeness (QED) is 0.765. The third kappa shape index (κ3) is 2.90. The van der Waals surface area contributed by atoms with E-state index in [0.29, 0.717) is 12.2 Å². The molecule has 0 amide bonds. The highest BCUT2D eigenvalue weighted by atomic mass is 16.1. The normalized spacial score (nSPS) is 15.3. The van der Waals surface area contributed by atoms with Crippen LogP contribution in [0.3, 0.4) is 0 Å². The molecule has 1 heterocycles. The van der Waals surface area contributed by atoms with E-state index < -0.39 is 0 Å². The van der Waals surface area contributed by atoms with Crippen LogP contribution in [0.1, 0.15) is 40.7 Å². The van der Waals surface area contributed by atoms with E-state index in [0.717, 1.165) is 31.4 Å². The predicted octanol–water partition coefficient (Wildman–Crippen LogP) is 4.11. The number of hydrogen-bond donors (Lipinski definition) is 0. The first-order valence-electron chi connectivity index (χ1n) is 7.26. The maximum Gasteiger partial charge on any atom is 0.164 e. The third-order valence-electron chi connectivity index (χ3n) is 3.79. The minimum atomic E-state index is 0.309. The molecule has 1 aromatic heterocycles. The van der Waals surface area contributed by atoms with Crippen molar-refractivity contribution in [1.82, 2.24) is 4.57 Å². The van der Waals surface area contributed by atoms with Gasteiger partial charge in [0.25, 0.3) is 0 Å². The number of carbonyl (C=O) groups is 1. The Morgan fingerprint density at radius 2 is 1.85 bits per heavy atom. The van der Waals surface area contributed by atoms with E-state index in [9.17, 15) is 4.79 Å². The minimum Gasteiger partial charge on any atom is -0.349 e. The van der Waals surface area contributed by atoms with Crippen LogP contribution >= 0.6 is 0 Å². The van der Waals surface area contributed by atoms with Gasteiger partial charge in [-0.2, -0.15) is 0 Å². The zero-order valence-corrected chi connectivity index (χ0v) is 11.6. The molecule has 0 saturated carbocycles. The summed E-state index contributed by atoms with van der Waals surface area (Å²) in [5.41, 5.74) is 3.37. The van der Waals surface area contributed by atoms with Crippen LogP contribution in [0.5, 0.6) is 0 Å². The zero-order chi connectivity index (χ0) is 13.8. The van der Waals surface area contributed by atoms with Crippen LogP contribution in [-0.4, -0.2) is 10.4 Å². The number of benzene rings is 1. The number of aryl methyl sites for hydroxylation is 1. The molecular formula is C18H19NO. The van der Waals surface area contributed by atoms with Crippen LogP contribution in [0.2, 0.25) is 0 Å². The molecule has 1 aromatic carbocycles. The lowest BCUT2D eigenvalue weighted by atomic mass is 10.1. The summed E-state index contributed by atoms with van der Waals surface area (Å²) in [4.78, 5) is 12.0. The monoisotopic (exact) mass is 265 g/mol. The lowest BCUT2D eigenvalue weighted by molar-refractivity contribution is 0.0982. The van der Waals surface area contributed by atoms with Crippen molar-refractivity contribution in [1.29, 1.82) is 0 Å². The number of rotatable bonds is 3. The van der Waals surface area contributed by atoms with Gasteiger partial charge in [0, 0.05) is 30.9 Å². The first kappa shape index (κ1) is 12.9. The molecule has 0 saturated heterocycles. The lowest BCUT2D eigenvalue weighted by Crippen LogP contribution is -1.97. The van der Waals surface area contributed by atoms with Gasteiger partial charge in [0.2, 0.25) is 0 Å². The fourth-order valence-electron chi connectivity index (χ4n) is 2.72. The van der Waals surface area contributed by atoms with Gasteiger partial charge in [-0.15, -0.1) is 0 Å². The van der Waals surface area contributed by atoms with E-state index in [1.54, 1.807) is 0 Å². The number of fused-ring (bicyclic) bond motifs is 1. The average molecular weight is 265 g/mol. The van der Waals surface area contributed by atoms with Crippen molar-refractivity contribution < 1.29 is 4.79 Å². The third-order valence-corrected chi connectivity index (χ3v) is 3.79. The van der Waals surface area contributed by atoms with E-state index in [1.165, 1.54) is 11.1 Å². The van der Waals surface area contributed by atoms with E-state index in [1.807, 2.05) is 24.4 Å². The molecule has 2 heteroatoms. The molecule has 1 aliphatic carbocycles. The van der Waals surface area contributed by atoms with Crippen molar-refractivity contribution >= 4 is 11.9 Å². The Labute approximate surface area is 119 Å². The van der Waals surface area contributed by atoms with Gasteiger partial charge in [0.05, 0.1) is 0 Å². The number of allylic oxidation sites excluding steroid dienone is 1. The van der Waals surface area contributed by atoms with Crippen LogP contribution in [0.15, 0.2) is 48.8 Å². The van der Waals surface area contributed by atoms with Crippen molar-refractivity contribution in [2.75, 3.05) is 0 Å². The fraction of sp³-hybridized carbons (Fsp3) is 0.278. The van der Waals surface area contributed by atoms with Crippen molar-refractivity contribution in [3.05, 3.63) is 65.5 Å². The Balaban J connectivity index is 1.71. The Morgan fingerprint density at radius 1 is 1.05 bits per heavy atom. The Kier molecular flexibility index (Phi) is 3.82. The summed E-state index contributed by atoms with van der Waals surface area (Å²) in [6, 6.07) is 10.3. The number of aromatic nitrogens is 1. The molecule has 3 rings (SSSR count). The fourth-order valence-corrected chi connectivity index (χ4v) is 2.72. The molecule has 0 unspecified atom stereocenters. The van der Waals surface area contributed by atoms with Gasteiger partial charge >= 0.3 is 0 Å². The van der Waals surface area contributed by atoms with Gasteiger partial charge in [-0.1, -0.05) is 42.5 Å². The number of carbonyl (C=O) groups excluding carboxylic acids is 1. The predicted molar refractivity (Wildman–Crippen MR) is 81.8 cm³/mol. The largest absolute Gasteiger partial charge is 0.349 e. The second-order valence-electron chi connectivity index (χ2n) is 5.34. The Bertz CT molecular complexity index is 622. The van der Waals surface area contributed by atoms with Crippen LogP contribution in [-0.2, 0) is 13.0 Å². The molecule has 20 heavy (non-hydrogen) atoms. The molecule has 2 nitrogen and oxygen atoms in total. The molecule has 0 spiro atoms. The first-order valence-corrected chi connectivity index (χ1v) is 7.26. The van der Waals surface area contributed by atoms with Crippen molar-refractivity contribution in [2.45, 2.75) is 32.2 Å². The summed E-state index contributed by atoms with van der Waals surface area (Å²) in [5.74, 6) is 0.309. The number of nitrogens with zero attached hydrogens (tertiary/aromatic N) is 1. The molecular weight excluding hydrogens is 246 g/mol. The molecule has 2 aromatic rings. The first-order chi connectivity index (χ1) is 9.83. The Hall–Kier alpha value is -2.09. The molecule has 0 fully saturated rings.